The molecule has 1 saturated carbocycles. The van der Waals surface area contributed by atoms with Crippen LogP contribution in [0.25, 0.3) is 21.9 Å². The van der Waals surface area contributed by atoms with E-state index in [0.717, 1.165) is 47.6 Å². The lowest BCUT2D eigenvalue weighted by atomic mass is 9.86. The molecule has 0 aliphatic heterocycles. The molecule has 0 aromatic carbocycles. The summed E-state index contributed by atoms with van der Waals surface area (Å²) in [5.74, 6) is 0.340. The molecule has 27 heavy (non-hydrogen) atoms. The van der Waals surface area contributed by atoms with Crippen LogP contribution in [0.5, 0.6) is 0 Å². The smallest absolute Gasteiger partial charge is 0.381 e. The molecular weight excluding hydrogens is 355 g/mol. The maximum absolute atomic E-state index is 12.2. The molecular formula is C20H22F3N3O. The average molecular weight is 377 g/mol. The first kappa shape index (κ1) is 18.2. The molecule has 0 unspecified atom stereocenters. The van der Waals surface area contributed by atoms with Crippen LogP contribution in [0.3, 0.4) is 0 Å². The van der Waals surface area contributed by atoms with Gasteiger partial charge in [0.2, 0.25) is 0 Å². The van der Waals surface area contributed by atoms with E-state index in [1.165, 1.54) is 0 Å². The number of ether oxygens (including phenoxy) is 1. The zero-order valence-electron chi connectivity index (χ0n) is 15.0. The summed E-state index contributed by atoms with van der Waals surface area (Å²) in [6, 6.07) is 6.48. The zero-order valence-corrected chi connectivity index (χ0v) is 15.0. The third kappa shape index (κ3) is 4.08. The summed E-state index contributed by atoms with van der Waals surface area (Å²) < 4.78 is 44.1. The van der Waals surface area contributed by atoms with Gasteiger partial charge in [0.15, 0.2) is 5.65 Å². The molecule has 4 nitrogen and oxygen atoms in total. The van der Waals surface area contributed by atoms with Crippen molar-refractivity contribution in [2.75, 3.05) is 13.2 Å². The normalized spacial score (nSPS) is 21.1. The summed E-state index contributed by atoms with van der Waals surface area (Å²) in [6.07, 6.45) is 4.67. The molecule has 0 saturated heterocycles. The third-order valence-electron chi connectivity index (χ3n) is 5.41. The van der Waals surface area contributed by atoms with Gasteiger partial charge in [0.1, 0.15) is 0 Å². The fraction of sp³-hybridized carbons (Fsp3) is 0.500. The Balaban J connectivity index is 1.42. The highest BCUT2D eigenvalue weighted by Crippen LogP contribution is 2.35. The van der Waals surface area contributed by atoms with Gasteiger partial charge in [0, 0.05) is 42.0 Å². The van der Waals surface area contributed by atoms with Crippen LogP contribution in [0.2, 0.25) is 0 Å². The number of fused-ring (bicyclic) bond motifs is 3. The second kappa shape index (κ2) is 7.46. The maximum atomic E-state index is 12.2. The van der Waals surface area contributed by atoms with Crippen molar-refractivity contribution in [1.29, 1.82) is 0 Å². The van der Waals surface area contributed by atoms with Crippen molar-refractivity contribution >= 4 is 21.9 Å². The van der Waals surface area contributed by atoms with Gasteiger partial charge in [-0.25, -0.2) is 9.97 Å². The van der Waals surface area contributed by atoms with E-state index in [-0.39, 0.29) is 6.61 Å². The first-order valence-corrected chi connectivity index (χ1v) is 9.36. The van der Waals surface area contributed by atoms with Gasteiger partial charge < -0.3 is 9.30 Å². The van der Waals surface area contributed by atoms with Crippen LogP contribution in [0.15, 0.2) is 36.8 Å². The van der Waals surface area contributed by atoms with Crippen LogP contribution in [0, 0.1) is 5.92 Å². The monoisotopic (exact) mass is 377 g/mol. The Morgan fingerprint density at radius 1 is 1.11 bits per heavy atom. The maximum Gasteiger partial charge on any atom is 0.391 e. The quantitative estimate of drug-likeness (QED) is 0.568. The molecule has 144 valence electrons. The Bertz CT molecular complexity index is 914. The lowest BCUT2D eigenvalue weighted by molar-refractivity contribution is -0.146. The minimum absolute atomic E-state index is 0.240. The van der Waals surface area contributed by atoms with E-state index in [4.69, 9.17) is 4.74 Å². The second-order valence-corrected chi connectivity index (χ2v) is 7.27. The van der Waals surface area contributed by atoms with Crippen LogP contribution in [-0.2, 0) is 4.74 Å². The Kier molecular flexibility index (Phi) is 5.04. The largest absolute Gasteiger partial charge is 0.391 e. The van der Waals surface area contributed by atoms with Crippen LogP contribution in [0.4, 0.5) is 13.2 Å². The minimum Gasteiger partial charge on any atom is -0.381 e. The topological polar surface area (TPSA) is 39.9 Å². The number of halogens is 3. The van der Waals surface area contributed by atoms with Crippen LogP contribution >= 0.6 is 0 Å². The van der Waals surface area contributed by atoms with Crippen molar-refractivity contribution in [2.45, 2.75) is 44.3 Å². The Labute approximate surface area is 155 Å². The molecule has 1 fully saturated rings. The SMILES string of the molecule is FC(F)(F)CCOCC1CCC(n2cccc3cnc4nccc4c32)CC1. The number of pyridine rings is 2. The fourth-order valence-corrected chi connectivity index (χ4v) is 4.02. The molecule has 1 aliphatic carbocycles. The number of aromatic nitrogens is 3. The first-order valence-electron chi connectivity index (χ1n) is 9.36. The molecule has 4 rings (SSSR count). The van der Waals surface area contributed by atoms with Gasteiger partial charge in [-0.05, 0) is 49.8 Å². The molecule has 0 atom stereocenters. The van der Waals surface area contributed by atoms with Gasteiger partial charge in [-0.2, -0.15) is 13.2 Å². The number of hydrogen-bond acceptors (Lipinski definition) is 3. The van der Waals surface area contributed by atoms with E-state index >= 15 is 0 Å². The standard InChI is InChI=1S/C20H22F3N3O/c21-20(22,23)8-11-27-13-14-3-5-16(6-4-14)26-10-1-2-15-12-25-19-17(18(15)26)7-9-24-19/h1-2,7,9-10,12,14,16H,3-6,8,11,13H2. The van der Waals surface area contributed by atoms with Gasteiger partial charge in [-0.3, -0.25) is 0 Å². The van der Waals surface area contributed by atoms with Gasteiger partial charge >= 0.3 is 6.18 Å². The van der Waals surface area contributed by atoms with Crippen molar-refractivity contribution < 1.29 is 17.9 Å². The number of hydrogen-bond donors (Lipinski definition) is 0. The summed E-state index contributed by atoms with van der Waals surface area (Å²) >= 11 is 0. The van der Waals surface area contributed by atoms with Crippen LogP contribution < -0.4 is 0 Å². The van der Waals surface area contributed by atoms with Gasteiger partial charge in [0.25, 0.3) is 0 Å². The van der Waals surface area contributed by atoms with E-state index in [0.29, 0.717) is 18.6 Å². The van der Waals surface area contributed by atoms with E-state index in [1.807, 2.05) is 18.3 Å². The first-order chi connectivity index (χ1) is 13.0. The number of rotatable bonds is 5. The summed E-state index contributed by atoms with van der Waals surface area (Å²) in [4.78, 5) is 8.71. The van der Waals surface area contributed by atoms with E-state index in [1.54, 1.807) is 6.20 Å². The van der Waals surface area contributed by atoms with Crippen LogP contribution in [0.1, 0.15) is 38.1 Å². The molecule has 3 heterocycles. The highest BCUT2D eigenvalue weighted by molar-refractivity contribution is 6.02. The van der Waals surface area contributed by atoms with Crippen molar-refractivity contribution in [1.82, 2.24) is 14.5 Å². The molecule has 0 radical (unpaired) electrons. The van der Waals surface area contributed by atoms with E-state index in [2.05, 4.69) is 26.8 Å². The van der Waals surface area contributed by atoms with E-state index in [9.17, 15) is 13.2 Å². The van der Waals surface area contributed by atoms with Crippen molar-refractivity contribution in [3.05, 3.63) is 36.8 Å². The van der Waals surface area contributed by atoms with E-state index < -0.39 is 12.6 Å². The lowest BCUT2D eigenvalue weighted by Crippen LogP contribution is -2.22. The summed E-state index contributed by atoms with van der Waals surface area (Å²) in [5, 5.41) is 2.15. The summed E-state index contributed by atoms with van der Waals surface area (Å²) in [6.45, 7) is 0.181. The molecule has 1 aliphatic rings. The fourth-order valence-electron chi connectivity index (χ4n) is 4.02. The molecule has 0 N–H and O–H groups in total. The van der Waals surface area contributed by atoms with Crippen molar-refractivity contribution in [2.24, 2.45) is 5.92 Å². The molecule has 0 bridgehead atoms. The van der Waals surface area contributed by atoms with Crippen molar-refractivity contribution in [3.63, 3.8) is 0 Å². The lowest BCUT2D eigenvalue weighted by Gasteiger charge is -2.31. The zero-order chi connectivity index (χ0) is 18.9. The minimum atomic E-state index is -4.14. The predicted octanol–water partition coefficient (Wildman–Crippen LogP) is 5.28. The average Bonchev–Trinajstić information content (AvgIpc) is 3.13. The highest BCUT2D eigenvalue weighted by atomic mass is 19.4. The molecule has 0 amide bonds. The number of nitrogens with zero attached hydrogens (tertiary/aromatic N) is 3. The van der Waals surface area contributed by atoms with Gasteiger partial charge in [-0.1, -0.05) is 0 Å². The molecule has 7 heteroatoms. The number of alkyl halides is 3. The predicted molar refractivity (Wildman–Crippen MR) is 97.5 cm³/mol. The Morgan fingerprint density at radius 3 is 2.70 bits per heavy atom. The van der Waals surface area contributed by atoms with Crippen LogP contribution in [-0.4, -0.2) is 33.9 Å². The van der Waals surface area contributed by atoms with Gasteiger partial charge in [-0.15, -0.1) is 0 Å². The highest BCUT2D eigenvalue weighted by Gasteiger charge is 2.27. The second-order valence-electron chi connectivity index (χ2n) is 7.27. The van der Waals surface area contributed by atoms with Gasteiger partial charge in [0.05, 0.1) is 18.5 Å². The molecule has 0 spiro atoms. The summed E-state index contributed by atoms with van der Waals surface area (Å²) in [7, 11) is 0. The Morgan fingerprint density at radius 2 is 1.93 bits per heavy atom. The Hall–Kier alpha value is -2.15. The molecule has 3 aromatic rings. The third-order valence-corrected chi connectivity index (χ3v) is 5.41. The summed E-state index contributed by atoms with van der Waals surface area (Å²) in [5.41, 5.74) is 1.92. The molecule has 3 aromatic heterocycles. The van der Waals surface area contributed by atoms with Crippen molar-refractivity contribution in [3.8, 4) is 0 Å².